The van der Waals surface area contributed by atoms with Gasteiger partial charge in [0.25, 0.3) is 0 Å². The molecule has 0 bridgehead atoms. The molecule has 1 unspecified atom stereocenters. The van der Waals surface area contributed by atoms with Crippen LogP contribution in [0.5, 0.6) is 0 Å². The molecular formula is C6H9O2. The van der Waals surface area contributed by atoms with Gasteiger partial charge in [-0.3, -0.25) is 9.59 Å². The lowest BCUT2D eigenvalue weighted by molar-refractivity contribution is -0.128. The molecule has 0 aromatic carbocycles. The van der Waals surface area contributed by atoms with Crippen molar-refractivity contribution in [3.63, 3.8) is 0 Å². The zero-order valence-electron chi connectivity index (χ0n) is 5.10. The standard InChI is InChI=1S/C6H9O2/c1-4(5(2)7)6(3)8/h4H,2H2,1,3H3. The SMILES string of the molecule is [CH2]C(=O)C(C)C(C)=O. The Morgan fingerprint density at radius 1 is 1.50 bits per heavy atom. The predicted molar refractivity (Wildman–Crippen MR) is 30.2 cm³/mol. The topological polar surface area (TPSA) is 34.1 Å². The number of carbonyl (C=O) groups excluding carboxylic acids is 2. The molecule has 0 saturated heterocycles. The van der Waals surface area contributed by atoms with Gasteiger partial charge in [-0.25, -0.2) is 0 Å². The van der Waals surface area contributed by atoms with Gasteiger partial charge in [0.1, 0.15) is 11.6 Å². The molecule has 0 saturated carbocycles. The van der Waals surface area contributed by atoms with E-state index in [4.69, 9.17) is 0 Å². The Bertz CT molecular complexity index is 102. The molecule has 0 amide bonds. The molecule has 0 heterocycles. The Kier molecular flexibility index (Phi) is 2.38. The van der Waals surface area contributed by atoms with Crippen molar-refractivity contribution in [2.75, 3.05) is 0 Å². The van der Waals surface area contributed by atoms with Gasteiger partial charge >= 0.3 is 0 Å². The third-order valence-corrected chi connectivity index (χ3v) is 1.09. The van der Waals surface area contributed by atoms with E-state index in [1.54, 1.807) is 6.92 Å². The minimum absolute atomic E-state index is 0.120. The van der Waals surface area contributed by atoms with Crippen molar-refractivity contribution in [2.45, 2.75) is 13.8 Å². The highest BCUT2D eigenvalue weighted by Gasteiger charge is 2.11. The second-order valence-electron chi connectivity index (χ2n) is 1.80. The first-order valence-corrected chi connectivity index (χ1v) is 2.42. The smallest absolute Gasteiger partial charge is 0.143 e. The van der Waals surface area contributed by atoms with Crippen LogP contribution in [0, 0.1) is 12.8 Å². The predicted octanol–water partition coefficient (Wildman–Crippen LogP) is 0.615. The highest BCUT2D eigenvalue weighted by molar-refractivity contribution is 6.02. The van der Waals surface area contributed by atoms with Crippen LogP contribution in [0.1, 0.15) is 13.8 Å². The Morgan fingerprint density at radius 3 is 1.88 bits per heavy atom. The largest absolute Gasteiger partial charge is 0.299 e. The maximum atomic E-state index is 10.3. The fourth-order valence-electron chi connectivity index (χ4n) is 0.227. The van der Waals surface area contributed by atoms with Crippen LogP contribution in [0.15, 0.2) is 0 Å². The zero-order chi connectivity index (χ0) is 6.73. The van der Waals surface area contributed by atoms with Crippen molar-refractivity contribution < 1.29 is 9.59 Å². The summed E-state index contributed by atoms with van der Waals surface area (Å²) < 4.78 is 0. The summed E-state index contributed by atoms with van der Waals surface area (Å²) in [5, 5.41) is 0. The molecule has 1 atom stereocenters. The van der Waals surface area contributed by atoms with Gasteiger partial charge in [-0.2, -0.15) is 0 Å². The molecule has 0 N–H and O–H groups in total. The molecule has 45 valence electrons. The lowest BCUT2D eigenvalue weighted by atomic mass is 10.0. The average Bonchev–Trinajstić information content (AvgIpc) is 1.64. The van der Waals surface area contributed by atoms with Gasteiger partial charge in [-0.05, 0) is 13.8 Å². The van der Waals surface area contributed by atoms with Gasteiger partial charge in [0, 0.05) is 6.92 Å². The monoisotopic (exact) mass is 113 g/mol. The number of hydrogen-bond donors (Lipinski definition) is 0. The van der Waals surface area contributed by atoms with Crippen molar-refractivity contribution >= 4 is 11.6 Å². The molecule has 0 fully saturated rings. The Hall–Kier alpha value is -0.660. The van der Waals surface area contributed by atoms with Crippen molar-refractivity contribution in [2.24, 2.45) is 5.92 Å². The first kappa shape index (κ1) is 7.34. The molecule has 8 heavy (non-hydrogen) atoms. The number of carbonyl (C=O) groups is 2. The van der Waals surface area contributed by atoms with Gasteiger partial charge < -0.3 is 0 Å². The van der Waals surface area contributed by atoms with Crippen molar-refractivity contribution in [3.05, 3.63) is 6.92 Å². The molecule has 0 aliphatic rings. The molecule has 0 spiro atoms. The molecule has 0 aromatic heterocycles. The lowest BCUT2D eigenvalue weighted by Gasteiger charge is -1.97. The van der Waals surface area contributed by atoms with Gasteiger partial charge in [0.05, 0.1) is 5.92 Å². The molecule has 0 aromatic rings. The van der Waals surface area contributed by atoms with Gasteiger partial charge in [0.2, 0.25) is 0 Å². The second-order valence-corrected chi connectivity index (χ2v) is 1.80. The third kappa shape index (κ3) is 1.87. The highest BCUT2D eigenvalue weighted by Crippen LogP contribution is 1.95. The van der Waals surface area contributed by atoms with E-state index < -0.39 is 5.92 Å². The van der Waals surface area contributed by atoms with E-state index in [2.05, 4.69) is 6.92 Å². The summed E-state index contributed by atoms with van der Waals surface area (Å²) in [6.07, 6.45) is 0. The minimum Gasteiger partial charge on any atom is -0.299 e. The van der Waals surface area contributed by atoms with Gasteiger partial charge in [0.15, 0.2) is 0 Å². The third-order valence-electron chi connectivity index (χ3n) is 1.09. The maximum Gasteiger partial charge on any atom is 0.143 e. The Labute approximate surface area is 48.9 Å². The summed E-state index contributed by atoms with van der Waals surface area (Å²) in [5.41, 5.74) is 0. The first-order chi connectivity index (χ1) is 3.55. The van der Waals surface area contributed by atoms with Crippen LogP contribution >= 0.6 is 0 Å². The lowest BCUT2D eigenvalue weighted by Crippen LogP contribution is -2.14. The van der Waals surface area contributed by atoms with Crippen molar-refractivity contribution in [3.8, 4) is 0 Å². The zero-order valence-corrected chi connectivity index (χ0v) is 5.10. The fraction of sp³-hybridized carbons (Fsp3) is 0.500. The molecular weight excluding hydrogens is 104 g/mol. The van der Waals surface area contributed by atoms with E-state index in [-0.39, 0.29) is 11.6 Å². The summed E-state index contributed by atoms with van der Waals surface area (Å²) in [7, 11) is 0. The molecule has 2 nitrogen and oxygen atoms in total. The summed E-state index contributed by atoms with van der Waals surface area (Å²) in [4.78, 5) is 20.6. The number of Topliss-reactive ketones (excluding diaryl/α,β-unsaturated/α-hetero) is 2. The molecule has 2 heteroatoms. The average molecular weight is 113 g/mol. The van der Waals surface area contributed by atoms with Crippen LogP contribution in [0.25, 0.3) is 0 Å². The maximum absolute atomic E-state index is 10.3. The van der Waals surface area contributed by atoms with E-state index in [0.717, 1.165) is 0 Å². The van der Waals surface area contributed by atoms with Crippen LogP contribution in [-0.2, 0) is 9.59 Å². The van der Waals surface area contributed by atoms with Crippen LogP contribution in [0.4, 0.5) is 0 Å². The summed E-state index contributed by atoms with van der Waals surface area (Å²) in [5.74, 6) is -0.947. The number of hydrogen-bond acceptors (Lipinski definition) is 2. The van der Waals surface area contributed by atoms with E-state index in [1.807, 2.05) is 0 Å². The Morgan fingerprint density at radius 2 is 1.88 bits per heavy atom. The Balaban J connectivity index is 3.83. The number of ketones is 2. The summed E-state index contributed by atoms with van der Waals surface area (Å²) in [6.45, 7) is 6.04. The van der Waals surface area contributed by atoms with Crippen molar-refractivity contribution in [1.29, 1.82) is 0 Å². The van der Waals surface area contributed by atoms with Gasteiger partial charge in [-0.15, -0.1) is 0 Å². The summed E-state index contributed by atoms with van der Waals surface area (Å²) in [6, 6.07) is 0. The fourth-order valence-corrected chi connectivity index (χ4v) is 0.227. The number of rotatable bonds is 2. The highest BCUT2D eigenvalue weighted by atomic mass is 16.1. The quantitative estimate of drug-likeness (QED) is 0.492. The van der Waals surface area contributed by atoms with E-state index in [1.165, 1.54) is 6.92 Å². The van der Waals surface area contributed by atoms with Crippen LogP contribution in [-0.4, -0.2) is 11.6 Å². The van der Waals surface area contributed by atoms with E-state index in [9.17, 15) is 9.59 Å². The molecule has 0 aliphatic heterocycles. The minimum atomic E-state index is -0.519. The van der Waals surface area contributed by atoms with Crippen molar-refractivity contribution in [1.82, 2.24) is 0 Å². The van der Waals surface area contributed by atoms with Crippen LogP contribution in [0.3, 0.4) is 0 Å². The van der Waals surface area contributed by atoms with Crippen LogP contribution < -0.4 is 0 Å². The molecule has 0 aliphatic carbocycles. The second kappa shape index (κ2) is 2.60. The molecule has 0 rings (SSSR count). The van der Waals surface area contributed by atoms with E-state index >= 15 is 0 Å². The van der Waals surface area contributed by atoms with E-state index in [0.29, 0.717) is 0 Å². The first-order valence-electron chi connectivity index (χ1n) is 2.42. The molecule has 1 radical (unpaired) electrons. The normalized spacial score (nSPS) is 9.50. The van der Waals surface area contributed by atoms with Crippen LogP contribution in [0.2, 0.25) is 0 Å². The van der Waals surface area contributed by atoms with Gasteiger partial charge in [-0.1, -0.05) is 0 Å². The summed E-state index contributed by atoms with van der Waals surface area (Å²) >= 11 is 0.